The van der Waals surface area contributed by atoms with Gasteiger partial charge in [0, 0.05) is 34.6 Å². The number of anilines is 2. The summed E-state index contributed by atoms with van der Waals surface area (Å²) in [4.78, 5) is 2.60. The molecule has 0 fully saturated rings. The average Bonchev–Trinajstić information content (AvgIpc) is 3.68. The lowest BCUT2D eigenvalue weighted by Gasteiger charge is -2.31. The molecule has 0 bridgehead atoms. The summed E-state index contributed by atoms with van der Waals surface area (Å²) < 4.78 is 2.63. The smallest absolute Gasteiger partial charge is 0.0637 e. The maximum Gasteiger partial charge on any atom is 0.0637 e. The summed E-state index contributed by atoms with van der Waals surface area (Å²) in [5, 5.41) is 0. The molecule has 0 saturated heterocycles. The number of rotatable bonds is 4. The molecule has 2 heterocycles. The zero-order valence-corrected chi connectivity index (χ0v) is 27.4. The predicted molar refractivity (Wildman–Crippen MR) is 202 cm³/mol. The molecule has 234 valence electrons. The van der Waals surface area contributed by atoms with Crippen LogP contribution in [0.1, 0.15) is 94.3 Å². The highest BCUT2D eigenvalue weighted by atomic mass is 15.2. The van der Waals surface area contributed by atoms with Gasteiger partial charge in [-0.2, -0.15) is 0 Å². The maximum atomic E-state index is 2.63. The van der Waals surface area contributed by atoms with E-state index in [-0.39, 0.29) is 12.0 Å². The van der Waals surface area contributed by atoms with Gasteiger partial charge in [-0.3, -0.25) is 0 Å². The van der Waals surface area contributed by atoms with Crippen molar-refractivity contribution in [1.82, 2.24) is 4.57 Å². The third kappa shape index (κ3) is 4.39. The summed E-state index contributed by atoms with van der Waals surface area (Å²) in [6.45, 7) is 0. The van der Waals surface area contributed by atoms with Crippen molar-refractivity contribution in [3.63, 3.8) is 0 Å². The number of aryl methyl sites for hydroxylation is 1. The summed E-state index contributed by atoms with van der Waals surface area (Å²) in [6, 6.07) is 25.9. The molecular weight excluding hydrogens is 581 g/mol. The van der Waals surface area contributed by atoms with Gasteiger partial charge in [0.15, 0.2) is 0 Å². The quantitative estimate of drug-likeness (QED) is 0.220. The van der Waals surface area contributed by atoms with Crippen molar-refractivity contribution < 1.29 is 0 Å². The Kier molecular flexibility index (Phi) is 6.57. The van der Waals surface area contributed by atoms with Crippen LogP contribution >= 0.6 is 0 Å². The summed E-state index contributed by atoms with van der Waals surface area (Å²) in [5.74, 6) is 0.748. The van der Waals surface area contributed by atoms with E-state index < -0.39 is 0 Å². The molecule has 48 heavy (non-hydrogen) atoms. The maximum absolute atomic E-state index is 2.63. The lowest BCUT2D eigenvalue weighted by molar-refractivity contribution is 0.721. The number of para-hydroxylation sites is 1. The molecule has 6 aliphatic rings. The van der Waals surface area contributed by atoms with Crippen LogP contribution in [-0.2, 0) is 12.8 Å². The molecule has 3 unspecified atom stereocenters. The van der Waals surface area contributed by atoms with Crippen LogP contribution in [0.5, 0.6) is 0 Å². The summed E-state index contributed by atoms with van der Waals surface area (Å²) in [7, 11) is 0. The van der Waals surface area contributed by atoms with E-state index in [1.54, 1.807) is 0 Å². The Hall–Kier alpha value is -5.08. The standard InChI is InChI=1S/C46H40N2/c1-2-11-31(12-3-1)33-23-25-37(26-24-33)47-41-19-8-6-17-39(41)45-43(47)27-28-44-46(45)40-18-7-9-20-42(40)48(44)38-16-10-15-35(30-38)36-22-21-32-13-4-5-14-34(32)29-36/h1-4,6-8,11,13,16-19,21-31,43,45H,5,9-10,12,14-15,20H2. The van der Waals surface area contributed by atoms with Crippen LogP contribution in [0.15, 0.2) is 121 Å². The lowest BCUT2D eigenvalue weighted by atomic mass is 9.81. The molecule has 1 aromatic heterocycles. The molecule has 0 N–H and O–H groups in total. The van der Waals surface area contributed by atoms with E-state index in [1.807, 2.05) is 0 Å². The fourth-order valence-corrected chi connectivity index (χ4v) is 9.22. The first-order chi connectivity index (χ1) is 23.8. The molecule has 10 rings (SSSR count). The zero-order chi connectivity index (χ0) is 31.6. The second kappa shape index (κ2) is 11.3. The minimum atomic E-state index is 0.240. The van der Waals surface area contributed by atoms with E-state index in [9.17, 15) is 0 Å². The van der Waals surface area contributed by atoms with E-state index in [0.29, 0.717) is 5.92 Å². The zero-order valence-electron chi connectivity index (χ0n) is 27.4. The number of nitrogens with zero attached hydrogens (tertiary/aromatic N) is 2. The Labute approximate surface area is 284 Å². The third-order valence-electron chi connectivity index (χ3n) is 11.5. The molecule has 2 nitrogen and oxygen atoms in total. The van der Waals surface area contributed by atoms with Crippen LogP contribution in [-0.4, -0.2) is 10.6 Å². The van der Waals surface area contributed by atoms with E-state index >= 15 is 0 Å². The predicted octanol–water partition coefficient (Wildman–Crippen LogP) is 11.4. The molecule has 2 heteroatoms. The fraction of sp³-hybridized carbons (Fsp3) is 0.217. The van der Waals surface area contributed by atoms with Crippen LogP contribution < -0.4 is 4.90 Å². The molecular formula is C46H40N2. The first kappa shape index (κ1) is 28.0. The molecule has 1 aliphatic heterocycles. The Bertz CT molecular complexity index is 2170. The van der Waals surface area contributed by atoms with Crippen molar-refractivity contribution in [2.75, 3.05) is 4.90 Å². The van der Waals surface area contributed by atoms with E-state index in [1.165, 1.54) is 73.0 Å². The van der Waals surface area contributed by atoms with Crippen LogP contribution in [0.4, 0.5) is 11.4 Å². The van der Waals surface area contributed by atoms with Crippen molar-refractivity contribution in [1.29, 1.82) is 0 Å². The van der Waals surface area contributed by atoms with Crippen LogP contribution in [0.3, 0.4) is 0 Å². The van der Waals surface area contributed by atoms with Crippen molar-refractivity contribution in [3.05, 3.63) is 172 Å². The van der Waals surface area contributed by atoms with Gasteiger partial charge in [0.25, 0.3) is 0 Å². The molecule has 3 atom stereocenters. The minimum absolute atomic E-state index is 0.240. The van der Waals surface area contributed by atoms with Gasteiger partial charge >= 0.3 is 0 Å². The number of hydrogen-bond acceptors (Lipinski definition) is 1. The van der Waals surface area contributed by atoms with Crippen LogP contribution in [0.2, 0.25) is 0 Å². The first-order valence-electron chi connectivity index (χ1n) is 18.0. The van der Waals surface area contributed by atoms with Crippen molar-refractivity contribution in [3.8, 4) is 0 Å². The third-order valence-corrected chi connectivity index (χ3v) is 11.5. The Morgan fingerprint density at radius 2 is 1.62 bits per heavy atom. The van der Waals surface area contributed by atoms with Crippen molar-refractivity contribution in [2.24, 2.45) is 0 Å². The molecule has 3 aromatic carbocycles. The Morgan fingerprint density at radius 3 is 2.54 bits per heavy atom. The number of hydrogen-bond donors (Lipinski definition) is 0. The van der Waals surface area contributed by atoms with E-state index in [4.69, 9.17) is 0 Å². The number of benzene rings is 3. The normalized spacial score (nSPS) is 22.8. The fourth-order valence-electron chi connectivity index (χ4n) is 9.22. The average molecular weight is 621 g/mol. The SMILES string of the molecule is C1=CCC(c2ccc(N3c4ccccc4C4c5c6c(n(C7=CCCC(c8ccc9c(c8)CCC=C9)=C7)c5C=CC43)CCC=C6)cc2)C=C1. The van der Waals surface area contributed by atoms with Gasteiger partial charge in [-0.1, -0.05) is 109 Å². The molecule has 5 aliphatic carbocycles. The Morgan fingerprint density at radius 1 is 0.729 bits per heavy atom. The second-order valence-corrected chi connectivity index (χ2v) is 14.1. The number of allylic oxidation sites excluding steroid dienone is 10. The summed E-state index contributed by atoms with van der Waals surface area (Å²) in [5.41, 5.74) is 18.3. The van der Waals surface area contributed by atoms with Gasteiger partial charge in [0.2, 0.25) is 0 Å². The van der Waals surface area contributed by atoms with Gasteiger partial charge in [-0.25, -0.2) is 0 Å². The molecule has 0 amide bonds. The molecule has 4 aromatic rings. The topological polar surface area (TPSA) is 8.17 Å². The highest BCUT2D eigenvalue weighted by molar-refractivity contribution is 5.86. The largest absolute Gasteiger partial charge is 0.333 e. The van der Waals surface area contributed by atoms with Gasteiger partial charge in [0.1, 0.15) is 0 Å². The van der Waals surface area contributed by atoms with Gasteiger partial charge in [-0.15, -0.1) is 0 Å². The van der Waals surface area contributed by atoms with Crippen molar-refractivity contribution >= 4 is 40.9 Å². The van der Waals surface area contributed by atoms with E-state index in [0.717, 1.165) is 44.9 Å². The van der Waals surface area contributed by atoms with Crippen molar-refractivity contribution in [2.45, 2.75) is 62.8 Å². The van der Waals surface area contributed by atoms with Gasteiger partial charge in [0.05, 0.1) is 11.7 Å². The second-order valence-electron chi connectivity index (χ2n) is 14.1. The van der Waals surface area contributed by atoms with Gasteiger partial charge in [-0.05, 0) is 120 Å². The number of fused-ring (bicyclic) bond motifs is 8. The minimum Gasteiger partial charge on any atom is -0.333 e. The van der Waals surface area contributed by atoms with Crippen LogP contribution in [0, 0.1) is 0 Å². The number of aromatic nitrogens is 1. The molecule has 0 saturated carbocycles. The molecule has 0 radical (unpaired) electrons. The highest BCUT2D eigenvalue weighted by Gasteiger charge is 2.44. The lowest BCUT2D eigenvalue weighted by Crippen LogP contribution is -2.30. The molecule has 0 spiro atoms. The first-order valence-corrected chi connectivity index (χ1v) is 18.0. The van der Waals surface area contributed by atoms with Crippen LogP contribution in [0.25, 0.3) is 29.5 Å². The van der Waals surface area contributed by atoms with Gasteiger partial charge < -0.3 is 9.47 Å². The Balaban J connectivity index is 1.06. The summed E-state index contributed by atoms with van der Waals surface area (Å²) in [6.07, 6.45) is 36.0. The van der Waals surface area contributed by atoms with E-state index in [2.05, 4.69) is 149 Å². The monoisotopic (exact) mass is 620 g/mol. The highest BCUT2D eigenvalue weighted by Crippen LogP contribution is 2.54. The summed E-state index contributed by atoms with van der Waals surface area (Å²) >= 11 is 0.